The number of nitrogens with zero attached hydrogens (tertiary/aromatic N) is 3. The lowest BCUT2D eigenvalue weighted by Gasteiger charge is -2.08. The molecule has 0 fully saturated rings. The molecule has 4 rings (SSSR count). The minimum atomic E-state index is -0.440. The van der Waals surface area contributed by atoms with Gasteiger partial charge in [-0.25, -0.2) is 14.5 Å². The predicted octanol–water partition coefficient (Wildman–Crippen LogP) is 4.49. The van der Waals surface area contributed by atoms with Crippen molar-refractivity contribution in [1.82, 2.24) is 14.8 Å². The number of nitrogens with one attached hydrogen (secondary N) is 1. The molecular formula is C22H22N4O4S. The number of aryl methyl sites for hydroxylation is 2. The summed E-state index contributed by atoms with van der Waals surface area (Å²) in [4.78, 5) is 30.6. The van der Waals surface area contributed by atoms with Gasteiger partial charge in [-0.1, -0.05) is 0 Å². The van der Waals surface area contributed by atoms with Crippen molar-refractivity contribution < 1.29 is 18.7 Å². The Labute approximate surface area is 182 Å². The minimum absolute atomic E-state index is 0.0444. The van der Waals surface area contributed by atoms with Crippen LogP contribution in [-0.4, -0.2) is 33.2 Å². The maximum Gasteiger partial charge on any atom is 0.341 e. The average Bonchev–Trinajstić information content (AvgIpc) is 3.43. The molecule has 4 aromatic heterocycles. The summed E-state index contributed by atoms with van der Waals surface area (Å²) < 4.78 is 12.2. The van der Waals surface area contributed by atoms with Crippen LogP contribution in [0.3, 0.4) is 0 Å². The van der Waals surface area contributed by atoms with Crippen molar-refractivity contribution in [2.75, 3.05) is 11.9 Å². The van der Waals surface area contributed by atoms with Crippen LogP contribution < -0.4 is 5.32 Å². The van der Waals surface area contributed by atoms with Crippen LogP contribution in [0.2, 0.25) is 0 Å². The van der Waals surface area contributed by atoms with Crippen LogP contribution in [0.1, 0.15) is 33.4 Å². The summed E-state index contributed by atoms with van der Waals surface area (Å²) in [6, 6.07) is 5.56. The van der Waals surface area contributed by atoms with Crippen molar-refractivity contribution in [1.29, 1.82) is 0 Å². The topological polar surface area (TPSA) is 99.2 Å². The molecule has 1 amide bonds. The number of ether oxygens (including phenoxy) is 1. The molecule has 9 heteroatoms. The molecular weight excluding hydrogens is 416 g/mol. The van der Waals surface area contributed by atoms with Crippen molar-refractivity contribution in [2.24, 2.45) is 0 Å². The fraction of sp³-hybridized carbons (Fsp3) is 0.273. The number of pyridine rings is 1. The van der Waals surface area contributed by atoms with Crippen LogP contribution in [0.5, 0.6) is 0 Å². The smallest absolute Gasteiger partial charge is 0.341 e. The Morgan fingerprint density at radius 3 is 2.77 bits per heavy atom. The fourth-order valence-electron chi connectivity index (χ4n) is 3.50. The summed E-state index contributed by atoms with van der Waals surface area (Å²) in [6.07, 6.45) is 3.28. The number of fused-ring (bicyclic) bond motifs is 1. The molecule has 0 aliphatic rings. The summed E-state index contributed by atoms with van der Waals surface area (Å²) >= 11 is 1.35. The number of furan rings is 1. The molecule has 0 saturated heterocycles. The van der Waals surface area contributed by atoms with E-state index in [1.54, 1.807) is 24.1 Å². The third-order valence-electron chi connectivity index (χ3n) is 5.01. The zero-order chi connectivity index (χ0) is 22.1. The summed E-state index contributed by atoms with van der Waals surface area (Å²) in [6.45, 7) is 7.59. The van der Waals surface area contributed by atoms with Crippen molar-refractivity contribution in [3.8, 4) is 11.3 Å². The van der Waals surface area contributed by atoms with Crippen LogP contribution in [0.15, 0.2) is 35.1 Å². The molecule has 0 aliphatic carbocycles. The third kappa shape index (κ3) is 3.84. The van der Waals surface area contributed by atoms with Gasteiger partial charge in [-0.3, -0.25) is 4.79 Å². The van der Waals surface area contributed by atoms with E-state index < -0.39 is 5.97 Å². The van der Waals surface area contributed by atoms with E-state index in [-0.39, 0.29) is 19.1 Å². The van der Waals surface area contributed by atoms with Gasteiger partial charge >= 0.3 is 5.97 Å². The van der Waals surface area contributed by atoms with Crippen LogP contribution in [0.25, 0.3) is 22.4 Å². The second-order valence-corrected chi connectivity index (χ2v) is 8.26. The van der Waals surface area contributed by atoms with Crippen LogP contribution in [0.4, 0.5) is 5.00 Å². The molecule has 0 unspecified atom stereocenters. The number of anilines is 1. The number of carbonyl (C=O) groups is 2. The standard InChI is InChI=1S/C22H22N4O4S/c1-5-29-22(28)18-12(2)14(4)31-21(18)24-17(27)11-26-20-19(13(3)25-26)15(8-9-23-20)16-7-6-10-30-16/h6-10H,5,11H2,1-4H3,(H,24,27). The highest BCUT2D eigenvalue weighted by Crippen LogP contribution is 2.33. The zero-order valence-electron chi connectivity index (χ0n) is 17.7. The Morgan fingerprint density at radius 2 is 2.06 bits per heavy atom. The van der Waals surface area contributed by atoms with Crippen molar-refractivity contribution in [3.63, 3.8) is 0 Å². The summed E-state index contributed by atoms with van der Waals surface area (Å²) in [5.41, 5.74) is 3.41. The largest absolute Gasteiger partial charge is 0.464 e. The van der Waals surface area contributed by atoms with E-state index in [9.17, 15) is 9.59 Å². The molecule has 0 saturated carbocycles. The third-order valence-corrected chi connectivity index (χ3v) is 6.13. The van der Waals surface area contributed by atoms with E-state index in [0.717, 1.165) is 27.1 Å². The number of amides is 1. The van der Waals surface area contributed by atoms with E-state index in [4.69, 9.17) is 9.15 Å². The SMILES string of the molecule is CCOC(=O)c1c(NC(=O)Cn2nc(C)c3c(-c4ccco4)ccnc32)sc(C)c1C. The van der Waals surface area contributed by atoms with E-state index in [0.29, 0.717) is 22.0 Å². The van der Waals surface area contributed by atoms with E-state index in [1.165, 1.54) is 11.3 Å². The van der Waals surface area contributed by atoms with Gasteiger partial charge in [-0.2, -0.15) is 5.10 Å². The molecule has 0 radical (unpaired) electrons. The molecule has 0 aromatic carbocycles. The van der Waals surface area contributed by atoms with Crippen LogP contribution in [0, 0.1) is 20.8 Å². The van der Waals surface area contributed by atoms with Gasteiger partial charge in [0.25, 0.3) is 0 Å². The number of carbonyl (C=O) groups excluding carboxylic acids is 2. The highest BCUT2D eigenvalue weighted by atomic mass is 32.1. The number of hydrogen-bond donors (Lipinski definition) is 1. The summed E-state index contributed by atoms with van der Waals surface area (Å²) in [7, 11) is 0. The van der Waals surface area contributed by atoms with Gasteiger partial charge in [-0.15, -0.1) is 11.3 Å². The first kappa shape index (κ1) is 20.8. The van der Waals surface area contributed by atoms with Crippen molar-refractivity contribution >= 4 is 39.2 Å². The first-order chi connectivity index (χ1) is 14.9. The zero-order valence-corrected chi connectivity index (χ0v) is 18.5. The van der Waals surface area contributed by atoms with Gasteiger partial charge in [0.15, 0.2) is 5.65 Å². The van der Waals surface area contributed by atoms with E-state index in [2.05, 4.69) is 15.4 Å². The number of aromatic nitrogens is 3. The van der Waals surface area contributed by atoms with Crippen molar-refractivity contribution in [2.45, 2.75) is 34.2 Å². The Kier molecular flexibility index (Phi) is 5.60. The molecule has 160 valence electrons. The molecule has 0 atom stereocenters. The Morgan fingerprint density at radius 1 is 1.26 bits per heavy atom. The lowest BCUT2D eigenvalue weighted by molar-refractivity contribution is -0.116. The Balaban J connectivity index is 1.63. The van der Waals surface area contributed by atoms with Gasteiger partial charge in [0.05, 0.1) is 29.5 Å². The van der Waals surface area contributed by atoms with Crippen LogP contribution in [-0.2, 0) is 16.1 Å². The van der Waals surface area contributed by atoms with E-state index >= 15 is 0 Å². The lowest BCUT2D eigenvalue weighted by Crippen LogP contribution is -2.20. The fourth-order valence-corrected chi connectivity index (χ4v) is 4.56. The quantitative estimate of drug-likeness (QED) is 0.445. The normalized spacial score (nSPS) is 11.1. The van der Waals surface area contributed by atoms with E-state index in [1.807, 2.05) is 39.0 Å². The first-order valence-corrected chi connectivity index (χ1v) is 10.6. The van der Waals surface area contributed by atoms with Crippen LogP contribution >= 0.6 is 11.3 Å². The van der Waals surface area contributed by atoms with Crippen molar-refractivity contribution in [3.05, 3.63) is 52.4 Å². The highest BCUT2D eigenvalue weighted by molar-refractivity contribution is 7.16. The highest BCUT2D eigenvalue weighted by Gasteiger charge is 2.23. The second kappa shape index (κ2) is 8.35. The average molecular weight is 439 g/mol. The maximum absolute atomic E-state index is 12.8. The molecule has 0 spiro atoms. The number of rotatable bonds is 6. The van der Waals surface area contributed by atoms with Gasteiger partial charge in [0.1, 0.15) is 17.3 Å². The minimum Gasteiger partial charge on any atom is -0.464 e. The molecule has 8 nitrogen and oxygen atoms in total. The van der Waals surface area contributed by atoms with Gasteiger partial charge in [0.2, 0.25) is 5.91 Å². The maximum atomic E-state index is 12.8. The Bertz CT molecular complexity index is 1270. The number of thiophene rings is 1. The van der Waals surface area contributed by atoms with Gasteiger partial charge in [-0.05, 0) is 51.5 Å². The molecule has 31 heavy (non-hydrogen) atoms. The summed E-state index contributed by atoms with van der Waals surface area (Å²) in [5, 5.41) is 8.68. The molecule has 0 aliphatic heterocycles. The monoisotopic (exact) mass is 438 g/mol. The Hall–Kier alpha value is -3.46. The number of esters is 1. The predicted molar refractivity (Wildman–Crippen MR) is 118 cm³/mol. The molecule has 0 bridgehead atoms. The molecule has 1 N–H and O–H groups in total. The first-order valence-electron chi connectivity index (χ1n) is 9.83. The summed E-state index contributed by atoms with van der Waals surface area (Å²) in [5.74, 6) is -0.0331. The van der Waals surface area contributed by atoms with Gasteiger partial charge < -0.3 is 14.5 Å². The second-order valence-electron chi connectivity index (χ2n) is 7.03. The number of hydrogen-bond acceptors (Lipinski definition) is 7. The lowest BCUT2D eigenvalue weighted by atomic mass is 10.1. The molecule has 4 aromatic rings. The molecule has 4 heterocycles. The van der Waals surface area contributed by atoms with Gasteiger partial charge in [0, 0.05) is 16.6 Å².